The summed E-state index contributed by atoms with van der Waals surface area (Å²) in [4.78, 5) is 10.5. The summed E-state index contributed by atoms with van der Waals surface area (Å²) in [5, 5.41) is 0. The molecule has 9 heavy (non-hydrogen) atoms. The summed E-state index contributed by atoms with van der Waals surface area (Å²) in [5.74, 6) is 0. The molecule has 1 saturated heterocycles. The van der Waals surface area contributed by atoms with Crippen molar-refractivity contribution in [2.75, 3.05) is 13.2 Å². The van der Waals surface area contributed by atoms with E-state index < -0.39 is 13.4 Å². The van der Waals surface area contributed by atoms with Crippen LogP contribution in [0.1, 0.15) is 0 Å². The van der Waals surface area contributed by atoms with Gasteiger partial charge in [0.2, 0.25) is 0 Å². The Bertz CT molecular complexity index is 161. The number of rotatable bonds is 1. The molecule has 0 aliphatic carbocycles. The van der Waals surface area contributed by atoms with Crippen LogP contribution in [0.5, 0.6) is 0 Å². The van der Waals surface area contributed by atoms with E-state index in [1.807, 2.05) is 0 Å². The SMILES string of the molecule is O=C1OCCN1[PH](=O)Cl. The minimum atomic E-state index is -2.38. The van der Waals surface area contributed by atoms with Gasteiger partial charge in [0.25, 0.3) is 7.30 Å². The van der Waals surface area contributed by atoms with Crippen LogP contribution in [0.15, 0.2) is 0 Å². The van der Waals surface area contributed by atoms with Gasteiger partial charge in [0, 0.05) is 0 Å². The molecule has 0 aromatic carbocycles. The molecule has 0 spiro atoms. The number of ether oxygens (including phenoxy) is 1. The number of nitrogens with zero attached hydrogens (tertiary/aromatic N) is 1. The van der Waals surface area contributed by atoms with Crippen LogP contribution < -0.4 is 0 Å². The summed E-state index contributed by atoms with van der Waals surface area (Å²) in [6, 6.07) is 0. The van der Waals surface area contributed by atoms with Gasteiger partial charge in [0.15, 0.2) is 0 Å². The van der Waals surface area contributed by atoms with Crippen LogP contribution in [0.2, 0.25) is 0 Å². The zero-order valence-electron chi connectivity index (χ0n) is 4.46. The Morgan fingerprint density at radius 2 is 2.44 bits per heavy atom. The predicted molar refractivity (Wildman–Crippen MR) is 32.9 cm³/mol. The molecule has 1 rings (SSSR count). The standard InChI is InChI=1S/C3H5ClNO3P/c4-9(7)5-1-2-8-3(5)6/h9H,1-2H2. The fourth-order valence-electron chi connectivity index (χ4n) is 0.553. The van der Waals surface area contributed by atoms with Crippen LogP contribution >= 0.6 is 18.5 Å². The number of carbonyl (C=O) groups is 1. The zero-order valence-corrected chi connectivity index (χ0v) is 6.22. The number of halogens is 1. The summed E-state index contributed by atoms with van der Waals surface area (Å²) < 4.78 is 15.9. The number of hydrogen-bond donors (Lipinski definition) is 0. The molecule has 1 aliphatic rings. The predicted octanol–water partition coefficient (Wildman–Crippen LogP) is 1.07. The number of amides is 1. The molecular formula is C3H5ClNO3P. The van der Waals surface area contributed by atoms with Crippen molar-refractivity contribution < 1.29 is 14.1 Å². The van der Waals surface area contributed by atoms with Crippen LogP contribution in [0.25, 0.3) is 0 Å². The maximum absolute atomic E-state index is 10.5. The van der Waals surface area contributed by atoms with Gasteiger partial charge in [-0.2, -0.15) is 0 Å². The van der Waals surface area contributed by atoms with E-state index in [-0.39, 0.29) is 0 Å². The lowest BCUT2D eigenvalue weighted by Gasteiger charge is -2.04. The van der Waals surface area contributed by atoms with Crippen molar-refractivity contribution in [2.45, 2.75) is 0 Å². The molecular weight excluding hydrogens is 164 g/mol. The van der Waals surface area contributed by atoms with E-state index in [4.69, 9.17) is 11.2 Å². The third kappa shape index (κ3) is 1.37. The molecule has 1 heterocycles. The van der Waals surface area contributed by atoms with Gasteiger partial charge < -0.3 is 4.74 Å². The van der Waals surface area contributed by atoms with E-state index in [0.717, 1.165) is 4.67 Å². The Hall–Kier alpha value is -0.210. The molecule has 1 atom stereocenters. The van der Waals surface area contributed by atoms with Crippen molar-refractivity contribution in [3.05, 3.63) is 0 Å². The van der Waals surface area contributed by atoms with Crippen molar-refractivity contribution in [3.63, 3.8) is 0 Å². The van der Waals surface area contributed by atoms with Gasteiger partial charge in [-0.3, -0.25) is 4.57 Å². The smallest absolute Gasteiger partial charge is 0.416 e. The highest BCUT2D eigenvalue weighted by Gasteiger charge is 2.24. The lowest BCUT2D eigenvalue weighted by molar-refractivity contribution is 0.170. The first kappa shape index (κ1) is 6.90. The molecule has 1 aliphatic heterocycles. The minimum Gasteiger partial charge on any atom is -0.447 e. The largest absolute Gasteiger partial charge is 0.447 e. The Morgan fingerprint density at radius 3 is 2.67 bits per heavy atom. The van der Waals surface area contributed by atoms with Gasteiger partial charge in [-0.05, 0) is 11.2 Å². The lowest BCUT2D eigenvalue weighted by Crippen LogP contribution is -2.13. The third-order valence-corrected chi connectivity index (χ3v) is 2.42. The molecule has 4 nitrogen and oxygen atoms in total. The molecule has 0 N–H and O–H groups in total. The van der Waals surface area contributed by atoms with E-state index in [1.165, 1.54) is 0 Å². The molecule has 0 bridgehead atoms. The van der Waals surface area contributed by atoms with Gasteiger partial charge in [-0.15, -0.1) is 0 Å². The highest BCUT2D eigenvalue weighted by atomic mass is 35.7. The minimum absolute atomic E-state index is 0.294. The number of carbonyl (C=O) groups excluding carboxylic acids is 1. The topological polar surface area (TPSA) is 46.6 Å². The average molecular weight is 170 g/mol. The van der Waals surface area contributed by atoms with Crippen molar-refractivity contribution in [3.8, 4) is 0 Å². The second-order valence-corrected chi connectivity index (χ2v) is 3.53. The summed E-state index contributed by atoms with van der Waals surface area (Å²) in [7, 11) is -2.38. The Kier molecular flexibility index (Phi) is 1.98. The van der Waals surface area contributed by atoms with Crippen LogP contribution in [-0.2, 0) is 9.30 Å². The highest BCUT2D eigenvalue weighted by Crippen LogP contribution is 2.34. The van der Waals surface area contributed by atoms with Crippen LogP contribution in [-0.4, -0.2) is 23.9 Å². The quantitative estimate of drug-likeness (QED) is 0.552. The lowest BCUT2D eigenvalue weighted by atomic mass is 10.7. The Balaban J connectivity index is 2.60. The molecule has 1 amide bonds. The van der Waals surface area contributed by atoms with Gasteiger partial charge >= 0.3 is 6.09 Å². The third-order valence-electron chi connectivity index (χ3n) is 0.973. The zero-order chi connectivity index (χ0) is 6.85. The van der Waals surface area contributed by atoms with Crippen LogP contribution in [0.4, 0.5) is 4.79 Å². The van der Waals surface area contributed by atoms with Crippen molar-refractivity contribution in [2.24, 2.45) is 0 Å². The molecule has 0 aromatic heterocycles. The van der Waals surface area contributed by atoms with E-state index in [9.17, 15) is 9.36 Å². The van der Waals surface area contributed by atoms with Gasteiger partial charge in [0.05, 0.1) is 6.54 Å². The van der Waals surface area contributed by atoms with Gasteiger partial charge in [-0.25, -0.2) is 9.46 Å². The Morgan fingerprint density at radius 1 is 1.78 bits per heavy atom. The molecule has 0 aromatic rings. The summed E-state index contributed by atoms with van der Waals surface area (Å²) >= 11 is 5.15. The number of cyclic esters (lactones) is 1. The monoisotopic (exact) mass is 169 g/mol. The van der Waals surface area contributed by atoms with Crippen LogP contribution in [0.3, 0.4) is 0 Å². The second-order valence-electron chi connectivity index (χ2n) is 1.52. The van der Waals surface area contributed by atoms with E-state index in [1.54, 1.807) is 0 Å². The molecule has 6 heteroatoms. The Labute approximate surface area is 57.4 Å². The molecule has 1 unspecified atom stereocenters. The summed E-state index contributed by atoms with van der Waals surface area (Å²) in [6.45, 7) is 0.641. The van der Waals surface area contributed by atoms with Gasteiger partial charge in [0.1, 0.15) is 6.61 Å². The molecule has 0 radical (unpaired) electrons. The fourth-order valence-corrected chi connectivity index (χ4v) is 1.49. The molecule has 52 valence electrons. The molecule has 0 saturated carbocycles. The van der Waals surface area contributed by atoms with Gasteiger partial charge in [-0.1, -0.05) is 0 Å². The summed E-state index contributed by atoms with van der Waals surface area (Å²) in [5.41, 5.74) is 0. The average Bonchev–Trinajstić information content (AvgIpc) is 2.13. The van der Waals surface area contributed by atoms with Crippen LogP contribution in [0, 0.1) is 0 Å². The first-order valence-electron chi connectivity index (χ1n) is 2.35. The fraction of sp³-hybridized carbons (Fsp3) is 0.667. The maximum Gasteiger partial charge on any atom is 0.416 e. The first-order chi connectivity index (χ1) is 4.22. The summed E-state index contributed by atoms with van der Waals surface area (Å²) in [6.07, 6.45) is -0.575. The maximum atomic E-state index is 10.5. The van der Waals surface area contributed by atoms with E-state index >= 15 is 0 Å². The van der Waals surface area contributed by atoms with E-state index in [0.29, 0.717) is 13.2 Å². The number of hydrogen-bond acceptors (Lipinski definition) is 3. The first-order valence-corrected chi connectivity index (χ1v) is 4.72. The van der Waals surface area contributed by atoms with Crippen molar-refractivity contribution >= 4 is 24.6 Å². The van der Waals surface area contributed by atoms with E-state index in [2.05, 4.69) is 4.74 Å². The second kappa shape index (κ2) is 2.58. The normalized spacial score (nSPS) is 21.9. The van der Waals surface area contributed by atoms with Crippen molar-refractivity contribution in [1.82, 2.24) is 4.67 Å². The highest BCUT2D eigenvalue weighted by molar-refractivity contribution is 7.72. The van der Waals surface area contributed by atoms with Crippen molar-refractivity contribution in [1.29, 1.82) is 0 Å². The molecule has 1 fully saturated rings.